The summed E-state index contributed by atoms with van der Waals surface area (Å²) in [5.41, 5.74) is 13.6. The standard InChI is InChI=1S/C23H24N6O5/c24-15(8-12-5-6-13-3-1-2-4-14(13)7-12)23(32)34-19-18(31)16(9-30)33-22(19)29-11-28-17-20(25)26-10-27-21(17)29/h1-7,10-11,15-16,18-19,22,30-31H,8-9,24H2,(H2,25,26,27)/t15?,16-,18-,19-,22-/m1/s1. The van der Waals surface area contributed by atoms with E-state index in [9.17, 15) is 15.0 Å². The summed E-state index contributed by atoms with van der Waals surface area (Å²) in [5, 5.41) is 22.4. The normalized spacial score (nSPS) is 23.4. The molecule has 3 heterocycles. The number of ether oxygens (including phenoxy) is 2. The lowest BCUT2D eigenvalue weighted by Gasteiger charge is -2.23. The number of imidazole rings is 1. The van der Waals surface area contributed by atoms with Crippen molar-refractivity contribution in [3.8, 4) is 0 Å². The first-order valence-electron chi connectivity index (χ1n) is 10.8. The van der Waals surface area contributed by atoms with Crippen molar-refractivity contribution >= 4 is 33.7 Å². The molecule has 0 aliphatic carbocycles. The Bertz CT molecular complexity index is 1340. The van der Waals surface area contributed by atoms with Gasteiger partial charge in [0.1, 0.15) is 30.1 Å². The van der Waals surface area contributed by atoms with Crippen LogP contribution in [-0.4, -0.2) is 66.7 Å². The first-order chi connectivity index (χ1) is 16.5. The fourth-order valence-corrected chi connectivity index (χ4v) is 4.20. The zero-order chi connectivity index (χ0) is 23.8. The Hall–Kier alpha value is -3.64. The van der Waals surface area contributed by atoms with E-state index in [4.69, 9.17) is 20.9 Å². The zero-order valence-electron chi connectivity index (χ0n) is 18.1. The monoisotopic (exact) mass is 464 g/mol. The second kappa shape index (κ2) is 8.95. The molecule has 1 unspecified atom stereocenters. The molecule has 5 rings (SSSR count). The largest absolute Gasteiger partial charge is 0.453 e. The second-order valence-electron chi connectivity index (χ2n) is 8.21. The van der Waals surface area contributed by atoms with Crippen molar-refractivity contribution in [1.29, 1.82) is 0 Å². The van der Waals surface area contributed by atoms with E-state index in [-0.39, 0.29) is 12.2 Å². The quantitative estimate of drug-likeness (QED) is 0.291. The molecule has 1 aliphatic heterocycles. The molecule has 0 spiro atoms. The Morgan fingerprint density at radius 3 is 2.76 bits per heavy atom. The number of aliphatic hydroxyl groups excluding tert-OH is 2. The molecule has 0 saturated carbocycles. The summed E-state index contributed by atoms with van der Waals surface area (Å²) in [6, 6.07) is 12.8. The van der Waals surface area contributed by atoms with E-state index in [0.29, 0.717) is 11.2 Å². The number of hydrogen-bond acceptors (Lipinski definition) is 10. The van der Waals surface area contributed by atoms with Crippen molar-refractivity contribution in [2.75, 3.05) is 12.3 Å². The third-order valence-electron chi connectivity index (χ3n) is 5.98. The molecule has 0 amide bonds. The van der Waals surface area contributed by atoms with Crippen LogP contribution in [-0.2, 0) is 20.7 Å². The number of nitrogen functional groups attached to an aromatic ring is 1. The number of esters is 1. The highest BCUT2D eigenvalue weighted by Crippen LogP contribution is 2.34. The van der Waals surface area contributed by atoms with E-state index in [0.717, 1.165) is 16.3 Å². The van der Waals surface area contributed by atoms with Gasteiger partial charge in [0, 0.05) is 0 Å². The van der Waals surface area contributed by atoms with Gasteiger partial charge >= 0.3 is 5.97 Å². The van der Waals surface area contributed by atoms with Crippen molar-refractivity contribution in [2.24, 2.45) is 5.73 Å². The molecule has 176 valence electrons. The molecule has 5 atom stereocenters. The lowest BCUT2D eigenvalue weighted by molar-refractivity contribution is -0.160. The summed E-state index contributed by atoms with van der Waals surface area (Å²) in [6.45, 7) is -0.474. The van der Waals surface area contributed by atoms with Crippen molar-refractivity contribution in [3.05, 3.63) is 60.7 Å². The van der Waals surface area contributed by atoms with Crippen LogP contribution in [0, 0.1) is 0 Å². The molecule has 1 fully saturated rings. The molecule has 2 aromatic carbocycles. The molecule has 6 N–H and O–H groups in total. The van der Waals surface area contributed by atoms with Crippen LogP contribution in [0.15, 0.2) is 55.1 Å². The summed E-state index contributed by atoms with van der Waals surface area (Å²) in [5.74, 6) is -0.532. The van der Waals surface area contributed by atoms with Gasteiger partial charge in [-0.2, -0.15) is 0 Å². The van der Waals surface area contributed by atoms with Crippen LogP contribution < -0.4 is 11.5 Å². The SMILES string of the molecule is Nc1ncnc2c1ncn2[C@@H]1O[C@H](CO)[C@@H](O)[C@H]1OC(=O)C(N)Cc1ccc2ccccc2c1. The molecule has 4 aromatic rings. The summed E-state index contributed by atoms with van der Waals surface area (Å²) < 4.78 is 12.9. The lowest BCUT2D eigenvalue weighted by atomic mass is 10.0. The van der Waals surface area contributed by atoms with Gasteiger partial charge in [-0.3, -0.25) is 9.36 Å². The highest BCUT2D eigenvalue weighted by Gasteiger charge is 2.48. The molecule has 34 heavy (non-hydrogen) atoms. The predicted molar refractivity (Wildman–Crippen MR) is 122 cm³/mol. The fourth-order valence-electron chi connectivity index (χ4n) is 4.20. The van der Waals surface area contributed by atoms with Gasteiger partial charge in [0.25, 0.3) is 0 Å². The number of anilines is 1. The van der Waals surface area contributed by atoms with Gasteiger partial charge in [-0.15, -0.1) is 0 Å². The number of rotatable bonds is 6. The van der Waals surface area contributed by atoms with Crippen molar-refractivity contribution in [1.82, 2.24) is 19.5 Å². The van der Waals surface area contributed by atoms with Crippen LogP contribution in [0.1, 0.15) is 11.8 Å². The first kappa shape index (κ1) is 22.2. The third-order valence-corrected chi connectivity index (χ3v) is 5.98. The van der Waals surface area contributed by atoms with E-state index in [1.54, 1.807) is 0 Å². The van der Waals surface area contributed by atoms with E-state index in [1.807, 2.05) is 42.5 Å². The van der Waals surface area contributed by atoms with Crippen LogP contribution in [0.25, 0.3) is 21.9 Å². The topological polar surface area (TPSA) is 172 Å². The Morgan fingerprint density at radius 1 is 1.18 bits per heavy atom. The summed E-state index contributed by atoms with van der Waals surface area (Å²) in [7, 11) is 0. The van der Waals surface area contributed by atoms with E-state index >= 15 is 0 Å². The maximum Gasteiger partial charge on any atom is 0.323 e. The third kappa shape index (κ3) is 3.94. The van der Waals surface area contributed by atoms with E-state index < -0.39 is 43.2 Å². The number of carbonyl (C=O) groups is 1. The molecule has 0 bridgehead atoms. The van der Waals surface area contributed by atoms with E-state index in [1.165, 1.54) is 17.2 Å². The maximum atomic E-state index is 12.9. The lowest BCUT2D eigenvalue weighted by Crippen LogP contribution is -2.42. The van der Waals surface area contributed by atoms with Crippen LogP contribution in [0.3, 0.4) is 0 Å². The minimum absolute atomic E-state index is 0.173. The van der Waals surface area contributed by atoms with Crippen LogP contribution in [0.4, 0.5) is 5.82 Å². The van der Waals surface area contributed by atoms with Gasteiger partial charge in [-0.25, -0.2) is 15.0 Å². The van der Waals surface area contributed by atoms with Crippen molar-refractivity contribution < 1.29 is 24.5 Å². The van der Waals surface area contributed by atoms with Crippen molar-refractivity contribution in [3.63, 3.8) is 0 Å². The first-order valence-corrected chi connectivity index (χ1v) is 10.8. The minimum atomic E-state index is -1.29. The van der Waals surface area contributed by atoms with Gasteiger partial charge < -0.3 is 31.2 Å². The molecular weight excluding hydrogens is 440 g/mol. The van der Waals surface area contributed by atoms with Gasteiger partial charge in [-0.1, -0.05) is 42.5 Å². The number of benzene rings is 2. The van der Waals surface area contributed by atoms with E-state index in [2.05, 4.69) is 15.0 Å². The zero-order valence-corrected chi connectivity index (χ0v) is 18.1. The number of nitrogens with two attached hydrogens (primary N) is 2. The maximum absolute atomic E-state index is 12.9. The Kier molecular flexibility index (Phi) is 5.84. The summed E-state index contributed by atoms with van der Waals surface area (Å²) in [6.07, 6.45) is -1.49. The average molecular weight is 464 g/mol. The molecule has 11 nitrogen and oxygen atoms in total. The Morgan fingerprint density at radius 2 is 1.97 bits per heavy atom. The smallest absolute Gasteiger partial charge is 0.323 e. The fraction of sp³-hybridized carbons (Fsp3) is 0.304. The van der Waals surface area contributed by atoms with Gasteiger partial charge in [0.05, 0.1) is 12.9 Å². The minimum Gasteiger partial charge on any atom is -0.453 e. The van der Waals surface area contributed by atoms with Gasteiger partial charge in [-0.05, 0) is 22.8 Å². The average Bonchev–Trinajstić information content (AvgIpc) is 3.41. The number of aromatic nitrogens is 4. The number of fused-ring (bicyclic) bond motifs is 2. The van der Waals surface area contributed by atoms with Gasteiger partial charge in [0.15, 0.2) is 23.8 Å². The predicted octanol–water partition coefficient (Wildman–Crippen LogP) is 0.294. The van der Waals surface area contributed by atoms with Gasteiger partial charge in [0.2, 0.25) is 0 Å². The molecule has 0 radical (unpaired) electrons. The molecule has 1 aliphatic rings. The highest BCUT2D eigenvalue weighted by atomic mass is 16.6. The molecular formula is C23H24N6O5. The molecule has 1 saturated heterocycles. The Labute approximate surface area is 194 Å². The summed E-state index contributed by atoms with van der Waals surface area (Å²) >= 11 is 0. The number of carbonyl (C=O) groups excluding carboxylic acids is 1. The van der Waals surface area contributed by atoms with Crippen LogP contribution >= 0.6 is 0 Å². The summed E-state index contributed by atoms with van der Waals surface area (Å²) in [4.78, 5) is 25.2. The van der Waals surface area contributed by atoms with Crippen molar-refractivity contribution in [2.45, 2.75) is 37.0 Å². The van der Waals surface area contributed by atoms with Crippen LogP contribution in [0.5, 0.6) is 0 Å². The molecule has 11 heteroatoms. The number of hydrogen-bond donors (Lipinski definition) is 4. The molecule has 2 aromatic heterocycles. The second-order valence-corrected chi connectivity index (χ2v) is 8.21. The highest BCUT2D eigenvalue weighted by molar-refractivity contribution is 5.83. The number of aliphatic hydroxyl groups is 2. The van der Waals surface area contributed by atoms with Crippen LogP contribution in [0.2, 0.25) is 0 Å². The Balaban J connectivity index is 1.36. The number of nitrogens with zero attached hydrogens (tertiary/aromatic N) is 4.